The Hall–Kier alpha value is -3.76. The summed E-state index contributed by atoms with van der Waals surface area (Å²) >= 11 is 0. The van der Waals surface area contributed by atoms with E-state index < -0.39 is 6.04 Å². The lowest BCUT2D eigenvalue weighted by Crippen LogP contribution is -2.43. The van der Waals surface area contributed by atoms with Crippen LogP contribution in [0.3, 0.4) is 0 Å². The first-order valence-electron chi connectivity index (χ1n) is 11.8. The number of nitrogens with one attached hydrogen (secondary N) is 1. The lowest BCUT2D eigenvalue weighted by atomic mass is 10.2. The highest BCUT2D eigenvalue weighted by atomic mass is 16.5. The summed E-state index contributed by atoms with van der Waals surface area (Å²) in [6, 6.07) is 12.7. The first kappa shape index (κ1) is 23.0. The third-order valence-corrected chi connectivity index (χ3v) is 6.31. The molecule has 1 aliphatic rings. The minimum atomic E-state index is -0.770. The van der Waals surface area contributed by atoms with E-state index in [0.29, 0.717) is 42.2 Å². The fourth-order valence-electron chi connectivity index (χ4n) is 4.37. The van der Waals surface area contributed by atoms with Crippen molar-refractivity contribution in [2.24, 2.45) is 0 Å². The number of benzene rings is 1. The molecule has 1 atom stereocenters. The van der Waals surface area contributed by atoms with Gasteiger partial charge in [0, 0.05) is 38.6 Å². The van der Waals surface area contributed by atoms with Crippen molar-refractivity contribution >= 4 is 16.8 Å². The second-order valence-corrected chi connectivity index (χ2v) is 8.64. The van der Waals surface area contributed by atoms with Crippen LogP contribution >= 0.6 is 0 Å². The zero-order valence-electron chi connectivity index (χ0n) is 19.9. The van der Waals surface area contributed by atoms with Crippen LogP contribution in [-0.2, 0) is 9.53 Å². The minimum absolute atomic E-state index is 0.246. The average molecular weight is 476 g/mol. The molecule has 0 saturated carbocycles. The highest BCUT2D eigenvalue weighted by Crippen LogP contribution is 2.25. The molecule has 182 valence electrons. The SMILES string of the molecule is Cc1nn(C(C)C(=O)NCCN2CCOCC2)c(=O)c2c(-n3cccc3)n(-c3ccccc3)nc12. The monoisotopic (exact) mass is 475 g/mol. The van der Waals surface area contributed by atoms with Crippen LogP contribution in [-0.4, -0.2) is 74.3 Å². The third kappa shape index (κ3) is 4.50. The fourth-order valence-corrected chi connectivity index (χ4v) is 4.37. The van der Waals surface area contributed by atoms with E-state index in [1.807, 2.05) is 66.3 Å². The predicted molar refractivity (Wildman–Crippen MR) is 132 cm³/mol. The van der Waals surface area contributed by atoms with Gasteiger partial charge in [-0.25, -0.2) is 9.36 Å². The van der Waals surface area contributed by atoms with Gasteiger partial charge in [-0.05, 0) is 38.1 Å². The topological polar surface area (TPSA) is 99.2 Å². The number of nitrogens with zero attached hydrogens (tertiary/aromatic N) is 6. The molecule has 1 aromatic carbocycles. The van der Waals surface area contributed by atoms with Gasteiger partial charge in [0.15, 0.2) is 5.82 Å². The minimum Gasteiger partial charge on any atom is -0.379 e. The first-order valence-corrected chi connectivity index (χ1v) is 11.8. The lowest BCUT2D eigenvalue weighted by molar-refractivity contribution is -0.124. The zero-order valence-corrected chi connectivity index (χ0v) is 19.9. The average Bonchev–Trinajstić information content (AvgIpc) is 3.55. The van der Waals surface area contributed by atoms with Crippen LogP contribution in [0.1, 0.15) is 18.7 Å². The summed E-state index contributed by atoms with van der Waals surface area (Å²) in [7, 11) is 0. The second-order valence-electron chi connectivity index (χ2n) is 8.64. The Kier molecular flexibility index (Phi) is 6.47. The van der Waals surface area contributed by atoms with E-state index in [1.54, 1.807) is 11.6 Å². The van der Waals surface area contributed by atoms with E-state index in [0.717, 1.165) is 25.3 Å². The second kappa shape index (κ2) is 9.85. The van der Waals surface area contributed by atoms with E-state index in [4.69, 9.17) is 9.84 Å². The Balaban J connectivity index is 1.50. The standard InChI is InChI=1S/C25H29N7O3/c1-18-22-21(24(30-11-6-7-12-30)32(28-22)20-8-4-3-5-9-20)25(34)31(27-18)19(2)23(33)26-10-13-29-14-16-35-17-15-29/h3-9,11-12,19H,10,13-17H2,1-2H3,(H,26,33). The van der Waals surface area contributed by atoms with Gasteiger partial charge in [-0.3, -0.25) is 14.5 Å². The Labute approximate surface area is 202 Å². The summed E-state index contributed by atoms with van der Waals surface area (Å²) in [4.78, 5) is 28.9. The number of hydrogen-bond donors (Lipinski definition) is 1. The maximum Gasteiger partial charge on any atom is 0.280 e. The molecule has 1 amide bonds. The molecule has 3 aromatic heterocycles. The van der Waals surface area contributed by atoms with Crippen molar-refractivity contribution < 1.29 is 9.53 Å². The van der Waals surface area contributed by atoms with Crippen LogP contribution in [0.4, 0.5) is 0 Å². The van der Waals surface area contributed by atoms with Crippen molar-refractivity contribution in [3.63, 3.8) is 0 Å². The smallest absolute Gasteiger partial charge is 0.280 e. The van der Waals surface area contributed by atoms with Gasteiger partial charge in [0.1, 0.15) is 16.9 Å². The molecular weight excluding hydrogens is 446 g/mol. The molecule has 1 unspecified atom stereocenters. The molecule has 1 fully saturated rings. The molecule has 35 heavy (non-hydrogen) atoms. The molecule has 1 aliphatic heterocycles. The van der Waals surface area contributed by atoms with Crippen molar-refractivity contribution in [1.29, 1.82) is 0 Å². The third-order valence-electron chi connectivity index (χ3n) is 6.31. The van der Waals surface area contributed by atoms with Gasteiger partial charge in [0.25, 0.3) is 5.56 Å². The Morgan fingerprint density at radius 2 is 1.80 bits per heavy atom. The van der Waals surface area contributed by atoms with Gasteiger partial charge in [-0.15, -0.1) is 0 Å². The molecular formula is C25H29N7O3. The molecule has 4 aromatic rings. The van der Waals surface area contributed by atoms with Crippen LogP contribution in [0, 0.1) is 6.92 Å². The maximum absolute atomic E-state index is 13.7. The highest BCUT2D eigenvalue weighted by molar-refractivity contribution is 5.88. The number of rotatable bonds is 7. The molecule has 0 radical (unpaired) electrons. The summed E-state index contributed by atoms with van der Waals surface area (Å²) < 4.78 is 10.2. The number of aromatic nitrogens is 5. The van der Waals surface area contributed by atoms with E-state index in [9.17, 15) is 9.59 Å². The highest BCUT2D eigenvalue weighted by Gasteiger charge is 2.25. The summed E-state index contributed by atoms with van der Waals surface area (Å²) in [5, 5.41) is 12.6. The molecule has 0 spiro atoms. The van der Waals surface area contributed by atoms with E-state index in [2.05, 4.69) is 15.3 Å². The number of carbonyl (C=O) groups is 1. The fraction of sp³-hybridized carbons (Fsp3) is 0.360. The van der Waals surface area contributed by atoms with Crippen LogP contribution in [0.25, 0.3) is 22.4 Å². The number of para-hydroxylation sites is 1. The number of aryl methyl sites for hydroxylation is 1. The normalized spacial score (nSPS) is 15.4. The lowest BCUT2D eigenvalue weighted by Gasteiger charge is -2.26. The molecule has 0 aliphatic carbocycles. The maximum atomic E-state index is 13.7. The van der Waals surface area contributed by atoms with E-state index >= 15 is 0 Å². The zero-order chi connectivity index (χ0) is 24.4. The van der Waals surface area contributed by atoms with Crippen molar-refractivity contribution in [3.8, 4) is 11.5 Å². The summed E-state index contributed by atoms with van der Waals surface area (Å²) in [5.41, 5.74) is 1.56. The number of amides is 1. The van der Waals surface area contributed by atoms with Gasteiger partial charge >= 0.3 is 0 Å². The predicted octanol–water partition coefficient (Wildman–Crippen LogP) is 1.69. The van der Waals surface area contributed by atoms with Crippen LogP contribution in [0.5, 0.6) is 0 Å². The molecule has 0 bridgehead atoms. The molecule has 4 heterocycles. The summed E-state index contributed by atoms with van der Waals surface area (Å²) in [5.74, 6) is 0.366. The van der Waals surface area contributed by atoms with Crippen molar-refractivity contribution in [3.05, 3.63) is 70.9 Å². The summed E-state index contributed by atoms with van der Waals surface area (Å²) in [6.45, 7) is 7.88. The number of hydrogen-bond acceptors (Lipinski definition) is 6. The first-order chi connectivity index (χ1) is 17.0. The molecule has 10 heteroatoms. The Morgan fingerprint density at radius 3 is 2.51 bits per heavy atom. The number of morpholine rings is 1. The van der Waals surface area contributed by atoms with Crippen LogP contribution in [0.2, 0.25) is 0 Å². The van der Waals surface area contributed by atoms with Gasteiger partial charge in [-0.2, -0.15) is 10.2 Å². The van der Waals surface area contributed by atoms with E-state index in [-0.39, 0.29) is 11.5 Å². The molecule has 5 rings (SSSR count). The quantitative estimate of drug-likeness (QED) is 0.437. The van der Waals surface area contributed by atoms with Gasteiger partial charge in [0.05, 0.1) is 24.6 Å². The van der Waals surface area contributed by atoms with Crippen molar-refractivity contribution in [2.75, 3.05) is 39.4 Å². The summed E-state index contributed by atoms with van der Waals surface area (Å²) in [6.07, 6.45) is 3.74. The van der Waals surface area contributed by atoms with E-state index in [1.165, 1.54) is 4.68 Å². The molecule has 10 nitrogen and oxygen atoms in total. The number of fused-ring (bicyclic) bond motifs is 1. The van der Waals surface area contributed by atoms with Gasteiger partial charge in [-0.1, -0.05) is 18.2 Å². The Bertz CT molecular complexity index is 1370. The van der Waals surface area contributed by atoms with Crippen molar-refractivity contribution in [2.45, 2.75) is 19.9 Å². The van der Waals surface area contributed by atoms with Crippen molar-refractivity contribution in [1.82, 2.24) is 34.3 Å². The van der Waals surface area contributed by atoms with Gasteiger partial charge < -0.3 is 14.6 Å². The number of ether oxygens (including phenoxy) is 1. The Morgan fingerprint density at radius 1 is 1.09 bits per heavy atom. The van der Waals surface area contributed by atoms with Crippen LogP contribution in [0.15, 0.2) is 59.7 Å². The molecule has 1 saturated heterocycles. The van der Waals surface area contributed by atoms with Gasteiger partial charge in [0.2, 0.25) is 5.91 Å². The van der Waals surface area contributed by atoms with Crippen LogP contribution < -0.4 is 10.9 Å². The molecule has 1 N–H and O–H groups in total. The number of carbonyl (C=O) groups excluding carboxylic acids is 1. The largest absolute Gasteiger partial charge is 0.379 e.